The molecule has 112 valence electrons. The lowest BCUT2D eigenvalue weighted by Crippen LogP contribution is -2.36. The van der Waals surface area contributed by atoms with E-state index in [0.29, 0.717) is 12.1 Å². The van der Waals surface area contributed by atoms with Crippen molar-refractivity contribution in [1.29, 1.82) is 0 Å². The number of hydrogen-bond donors (Lipinski definition) is 1. The maximum Gasteiger partial charge on any atom is 0.140 e. The molecule has 3 nitrogen and oxygen atoms in total. The van der Waals surface area contributed by atoms with Crippen LogP contribution in [-0.4, -0.2) is 22.6 Å². The van der Waals surface area contributed by atoms with Crippen molar-refractivity contribution in [2.24, 2.45) is 0 Å². The second-order valence-electron chi connectivity index (χ2n) is 5.98. The molecule has 2 atom stereocenters. The first kappa shape index (κ1) is 14.3. The molecule has 0 saturated heterocycles. The molecule has 0 spiro atoms. The zero-order valence-electron chi connectivity index (χ0n) is 12.8. The average Bonchev–Trinajstić information content (AvgIpc) is 2.97. The minimum absolute atomic E-state index is 0.507. The van der Waals surface area contributed by atoms with Gasteiger partial charge < -0.3 is 9.88 Å². The Hall–Kier alpha value is -1.61. The van der Waals surface area contributed by atoms with E-state index in [2.05, 4.69) is 58.4 Å². The summed E-state index contributed by atoms with van der Waals surface area (Å²) in [5.41, 5.74) is 1.21. The van der Waals surface area contributed by atoms with E-state index in [4.69, 9.17) is 0 Å². The van der Waals surface area contributed by atoms with Gasteiger partial charge in [-0.25, -0.2) is 4.98 Å². The zero-order chi connectivity index (χ0) is 14.5. The number of likely N-dealkylation sites (N-methyl/N-ethyl adjacent to an activating group) is 1. The van der Waals surface area contributed by atoms with Crippen molar-refractivity contribution in [3.8, 4) is 11.4 Å². The van der Waals surface area contributed by atoms with Gasteiger partial charge in [-0.2, -0.15) is 0 Å². The molecule has 2 unspecified atom stereocenters. The molecule has 1 aromatic heterocycles. The summed E-state index contributed by atoms with van der Waals surface area (Å²) in [5, 5.41) is 3.54. The summed E-state index contributed by atoms with van der Waals surface area (Å²) in [5.74, 6) is 1.10. The van der Waals surface area contributed by atoms with Gasteiger partial charge in [0.15, 0.2) is 0 Å². The largest absolute Gasteiger partial charge is 0.326 e. The highest BCUT2D eigenvalue weighted by atomic mass is 15.1. The summed E-state index contributed by atoms with van der Waals surface area (Å²) < 4.78 is 2.39. The predicted octanol–water partition coefficient (Wildman–Crippen LogP) is 4.03. The number of hydrogen-bond acceptors (Lipinski definition) is 2. The highest BCUT2D eigenvalue weighted by Crippen LogP contribution is 2.30. The second-order valence-corrected chi connectivity index (χ2v) is 5.98. The molecule has 0 radical (unpaired) electrons. The van der Waals surface area contributed by atoms with Crippen LogP contribution in [0.1, 0.15) is 44.6 Å². The zero-order valence-corrected chi connectivity index (χ0v) is 12.8. The molecule has 3 heteroatoms. The SMILES string of the molecule is CNC1CCCCCCC1n1ccnc1-c1ccccc1. The highest BCUT2D eigenvalue weighted by molar-refractivity contribution is 5.55. The number of benzene rings is 1. The van der Waals surface area contributed by atoms with Crippen LogP contribution in [0.15, 0.2) is 42.7 Å². The third-order valence-corrected chi connectivity index (χ3v) is 4.66. The van der Waals surface area contributed by atoms with Crippen molar-refractivity contribution in [3.05, 3.63) is 42.7 Å². The molecule has 21 heavy (non-hydrogen) atoms. The first-order valence-corrected chi connectivity index (χ1v) is 8.15. The standard InChI is InChI=1S/C18H25N3/c1-19-16-11-7-2-3-8-12-17(16)21-14-13-20-18(21)15-9-5-4-6-10-15/h4-6,9-10,13-14,16-17,19H,2-3,7-8,11-12H2,1H3. The minimum Gasteiger partial charge on any atom is -0.326 e. The van der Waals surface area contributed by atoms with E-state index in [1.807, 2.05) is 6.20 Å². The summed E-state index contributed by atoms with van der Waals surface area (Å²) in [7, 11) is 2.10. The molecule has 0 aliphatic heterocycles. The first-order chi connectivity index (χ1) is 10.4. The molecule has 1 aromatic carbocycles. The number of nitrogens with zero attached hydrogens (tertiary/aromatic N) is 2. The van der Waals surface area contributed by atoms with Crippen LogP contribution in [0.25, 0.3) is 11.4 Å². The Labute approximate surface area is 127 Å². The van der Waals surface area contributed by atoms with Crippen LogP contribution in [0.3, 0.4) is 0 Å². The number of imidazole rings is 1. The van der Waals surface area contributed by atoms with E-state index in [1.165, 1.54) is 44.1 Å². The molecule has 1 aliphatic rings. The van der Waals surface area contributed by atoms with Gasteiger partial charge in [0, 0.05) is 24.0 Å². The Morgan fingerprint density at radius 1 is 1.05 bits per heavy atom. The molecule has 2 aromatic rings. The van der Waals surface area contributed by atoms with Crippen molar-refractivity contribution < 1.29 is 0 Å². The van der Waals surface area contributed by atoms with E-state index in [-0.39, 0.29) is 0 Å². The van der Waals surface area contributed by atoms with Crippen LogP contribution >= 0.6 is 0 Å². The van der Waals surface area contributed by atoms with Crippen LogP contribution in [-0.2, 0) is 0 Å². The first-order valence-electron chi connectivity index (χ1n) is 8.15. The monoisotopic (exact) mass is 283 g/mol. The highest BCUT2D eigenvalue weighted by Gasteiger charge is 2.24. The molecule has 1 N–H and O–H groups in total. The van der Waals surface area contributed by atoms with Crippen molar-refractivity contribution in [3.63, 3.8) is 0 Å². The molecule has 1 saturated carbocycles. The molecule has 3 rings (SSSR count). The lowest BCUT2D eigenvalue weighted by Gasteiger charge is -2.31. The van der Waals surface area contributed by atoms with E-state index in [1.54, 1.807) is 0 Å². The van der Waals surface area contributed by atoms with Gasteiger partial charge in [0.25, 0.3) is 0 Å². The quantitative estimate of drug-likeness (QED) is 0.921. The number of nitrogens with one attached hydrogen (secondary N) is 1. The average molecular weight is 283 g/mol. The van der Waals surface area contributed by atoms with Crippen molar-refractivity contribution in [2.45, 2.75) is 50.6 Å². The van der Waals surface area contributed by atoms with E-state index < -0.39 is 0 Å². The molecule has 0 bridgehead atoms. The summed E-state index contributed by atoms with van der Waals surface area (Å²) in [6, 6.07) is 11.6. The molecule has 1 heterocycles. The molecule has 0 amide bonds. The molecular weight excluding hydrogens is 258 g/mol. The van der Waals surface area contributed by atoms with Crippen LogP contribution in [0.4, 0.5) is 0 Å². The minimum atomic E-state index is 0.507. The predicted molar refractivity (Wildman–Crippen MR) is 87.2 cm³/mol. The Balaban J connectivity index is 1.93. The van der Waals surface area contributed by atoms with E-state index >= 15 is 0 Å². The van der Waals surface area contributed by atoms with Gasteiger partial charge in [0.2, 0.25) is 0 Å². The normalized spacial score (nSPS) is 23.5. The van der Waals surface area contributed by atoms with Crippen LogP contribution < -0.4 is 5.32 Å². The van der Waals surface area contributed by atoms with Gasteiger partial charge in [0.1, 0.15) is 5.82 Å². The molecule has 1 fully saturated rings. The van der Waals surface area contributed by atoms with E-state index in [9.17, 15) is 0 Å². The summed E-state index contributed by atoms with van der Waals surface area (Å²) in [4.78, 5) is 4.62. The van der Waals surface area contributed by atoms with Gasteiger partial charge in [0.05, 0.1) is 6.04 Å². The van der Waals surface area contributed by atoms with Gasteiger partial charge >= 0.3 is 0 Å². The Morgan fingerprint density at radius 3 is 2.57 bits per heavy atom. The fourth-order valence-electron chi connectivity index (χ4n) is 3.53. The van der Waals surface area contributed by atoms with Crippen LogP contribution in [0, 0.1) is 0 Å². The fourth-order valence-corrected chi connectivity index (χ4v) is 3.53. The third kappa shape index (κ3) is 3.18. The molecular formula is C18H25N3. The Bertz CT molecular complexity index is 547. The molecule has 1 aliphatic carbocycles. The number of aromatic nitrogens is 2. The summed E-state index contributed by atoms with van der Waals surface area (Å²) >= 11 is 0. The topological polar surface area (TPSA) is 29.9 Å². The smallest absolute Gasteiger partial charge is 0.140 e. The van der Waals surface area contributed by atoms with Gasteiger partial charge in [-0.1, -0.05) is 56.0 Å². The second kappa shape index (κ2) is 6.90. The van der Waals surface area contributed by atoms with Crippen molar-refractivity contribution >= 4 is 0 Å². The maximum absolute atomic E-state index is 4.62. The lowest BCUT2D eigenvalue weighted by atomic mass is 9.92. The van der Waals surface area contributed by atoms with Crippen LogP contribution in [0.2, 0.25) is 0 Å². The van der Waals surface area contributed by atoms with Crippen LogP contribution in [0.5, 0.6) is 0 Å². The van der Waals surface area contributed by atoms with Gasteiger partial charge in [-0.15, -0.1) is 0 Å². The van der Waals surface area contributed by atoms with Crippen molar-refractivity contribution in [2.75, 3.05) is 7.05 Å². The fraction of sp³-hybridized carbons (Fsp3) is 0.500. The Kier molecular flexibility index (Phi) is 4.71. The number of rotatable bonds is 3. The Morgan fingerprint density at radius 2 is 1.81 bits per heavy atom. The third-order valence-electron chi connectivity index (χ3n) is 4.66. The van der Waals surface area contributed by atoms with Crippen molar-refractivity contribution in [1.82, 2.24) is 14.9 Å². The van der Waals surface area contributed by atoms with E-state index in [0.717, 1.165) is 5.82 Å². The van der Waals surface area contributed by atoms with Gasteiger partial charge in [-0.3, -0.25) is 0 Å². The van der Waals surface area contributed by atoms with Gasteiger partial charge in [-0.05, 0) is 19.9 Å². The summed E-state index contributed by atoms with van der Waals surface area (Å²) in [6.07, 6.45) is 12.0. The summed E-state index contributed by atoms with van der Waals surface area (Å²) in [6.45, 7) is 0. The maximum atomic E-state index is 4.62. The lowest BCUT2D eigenvalue weighted by molar-refractivity contribution is 0.297.